The normalized spacial score (nSPS) is 14.5. The number of para-hydroxylation sites is 1. The topological polar surface area (TPSA) is 62.7 Å². The molecule has 5 rings (SSSR count). The van der Waals surface area contributed by atoms with E-state index in [0.717, 1.165) is 34.2 Å². The van der Waals surface area contributed by atoms with Gasteiger partial charge in [-0.1, -0.05) is 36.4 Å². The average molecular weight is 546 g/mol. The van der Waals surface area contributed by atoms with Gasteiger partial charge < -0.3 is 14.7 Å². The van der Waals surface area contributed by atoms with Gasteiger partial charge in [-0.25, -0.2) is 0 Å². The maximum Gasteiger partial charge on any atom is 0.430 e. The Hall–Kier alpha value is -4.12. The highest BCUT2D eigenvalue weighted by Crippen LogP contribution is 2.50. The molecule has 1 aliphatic rings. The van der Waals surface area contributed by atoms with E-state index in [4.69, 9.17) is 4.74 Å². The first kappa shape index (κ1) is 26.5. The number of aromatic nitrogens is 1. The van der Waals surface area contributed by atoms with Crippen molar-refractivity contribution in [2.75, 3.05) is 13.2 Å². The first-order valence-electron chi connectivity index (χ1n) is 11.7. The van der Waals surface area contributed by atoms with E-state index < -0.39 is 29.4 Å². The van der Waals surface area contributed by atoms with Crippen LogP contribution in [0.1, 0.15) is 21.5 Å². The lowest BCUT2D eigenvalue weighted by Crippen LogP contribution is -2.53. The Labute approximate surface area is 218 Å². The zero-order chi connectivity index (χ0) is 28.0. The maximum absolute atomic E-state index is 13.2. The first-order valence-corrected chi connectivity index (χ1v) is 11.7. The van der Waals surface area contributed by atoms with Crippen molar-refractivity contribution in [3.8, 4) is 16.9 Å². The molecule has 1 N–H and O–H groups in total. The Kier molecular flexibility index (Phi) is 6.50. The Morgan fingerprint density at radius 2 is 1.56 bits per heavy atom. The third kappa shape index (κ3) is 4.78. The SMILES string of the molecule is O=C(c1ccc(C(O)(C(F)(F)F)C(F)(F)F)cc1)N1CCOc2ccc(-c3cnc4ccccc4c3)cc2C1. The molecule has 1 aliphatic heterocycles. The Morgan fingerprint density at radius 3 is 2.26 bits per heavy atom. The Bertz CT molecular complexity index is 1520. The zero-order valence-electron chi connectivity index (χ0n) is 20.1. The summed E-state index contributed by atoms with van der Waals surface area (Å²) in [6.07, 6.45) is -10.3. The summed E-state index contributed by atoms with van der Waals surface area (Å²) in [5.41, 5.74) is -3.45. The number of hydrogen-bond acceptors (Lipinski definition) is 4. The van der Waals surface area contributed by atoms with Crippen molar-refractivity contribution >= 4 is 16.8 Å². The number of fused-ring (bicyclic) bond motifs is 2. The minimum Gasteiger partial charge on any atom is -0.491 e. The average Bonchev–Trinajstić information content (AvgIpc) is 3.13. The van der Waals surface area contributed by atoms with Crippen molar-refractivity contribution in [3.63, 3.8) is 0 Å². The molecule has 0 saturated heterocycles. The van der Waals surface area contributed by atoms with Crippen LogP contribution in [0.2, 0.25) is 0 Å². The van der Waals surface area contributed by atoms with Crippen LogP contribution in [0.25, 0.3) is 22.0 Å². The van der Waals surface area contributed by atoms with Gasteiger partial charge >= 0.3 is 12.4 Å². The summed E-state index contributed by atoms with van der Waals surface area (Å²) in [4.78, 5) is 19.0. The second-order valence-electron chi connectivity index (χ2n) is 9.10. The minimum absolute atomic E-state index is 0.0970. The van der Waals surface area contributed by atoms with Crippen LogP contribution in [0, 0.1) is 0 Å². The second kappa shape index (κ2) is 9.57. The fourth-order valence-electron chi connectivity index (χ4n) is 4.50. The van der Waals surface area contributed by atoms with Crippen LogP contribution in [-0.4, -0.2) is 46.4 Å². The highest BCUT2D eigenvalue weighted by molar-refractivity contribution is 5.94. The lowest BCUT2D eigenvalue weighted by Gasteiger charge is -2.32. The van der Waals surface area contributed by atoms with Crippen LogP contribution in [0.15, 0.2) is 79.0 Å². The highest BCUT2D eigenvalue weighted by Gasteiger charge is 2.71. The molecule has 0 spiro atoms. The number of alkyl halides is 6. The van der Waals surface area contributed by atoms with Crippen molar-refractivity contribution in [1.29, 1.82) is 0 Å². The van der Waals surface area contributed by atoms with E-state index in [1.807, 2.05) is 42.5 Å². The zero-order valence-corrected chi connectivity index (χ0v) is 20.1. The van der Waals surface area contributed by atoms with Gasteiger partial charge in [-0.15, -0.1) is 0 Å². The molecule has 202 valence electrons. The molecule has 2 heterocycles. The molecule has 0 bridgehead atoms. The van der Waals surface area contributed by atoms with Gasteiger partial charge in [0.1, 0.15) is 12.4 Å². The molecule has 1 amide bonds. The van der Waals surface area contributed by atoms with Gasteiger partial charge in [0.25, 0.3) is 11.5 Å². The summed E-state index contributed by atoms with van der Waals surface area (Å²) in [7, 11) is 0. The van der Waals surface area contributed by atoms with Crippen LogP contribution < -0.4 is 4.74 Å². The number of ether oxygens (including phenoxy) is 1. The second-order valence-corrected chi connectivity index (χ2v) is 9.10. The minimum atomic E-state index is -6.01. The van der Waals surface area contributed by atoms with Gasteiger partial charge in [-0.2, -0.15) is 26.3 Å². The molecule has 0 saturated carbocycles. The van der Waals surface area contributed by atoms with Crippen LogP contribution >= 0.6 is 0 Å². The van der Waals surface area contributed by atoms with E-state index in [9.17, 15) is 36.2 Å². The summed E-state index contributed by atoms with van der Waals surface area (Å²) < 4.78 is 84.9. The van der Waals surface area contributed by atoms with Gasteiger partial charge in [0.05, 0.1) is 12.1 Å². The summed E-state index contributed by atoms with van der Waals surface area (Å²) in [6.45, 7) is 0.368. The quantitative estimate of drug-likeness (QED) is 0.309. The highest BCUT2D eigenvalue weighted by atomic mass is 19.4. The number of halogens is 6. The van der Waals surface area contributed by atoms with E-state index in [2.05, 4.69) is 4.98 Å². The number of aliphatic hydroxyl groups is 1. The van der Waals surface area contributed by atoms with Crippen molar-refractivity contribution in [1.82, 2.24) is 9.88 Å². The van der Waals surface area contributed by atoms with E-state index in [1.165, 1.54) is 4.90 Å². The van der Waals surface area contributed by atoms with Gasteiger partial charge in [0.2, 0.25) is 0 Å². The van der Waals surface area contributed by atoms with Gasteiger partial charge in [0, 0.05) is 40.4 Å². The van der Waals surface area contributed by atoms with E-state index >= 15 is 0 Å². The standard InChI is InChI=1S/C28H20F6N2O3/c29-27(30,31)26(38,28(32,33)34)22-8-5-17(6-9-22)25(37)36-11-12-39-24-10-7-18(13-21(24)16-36)20-14-19-3-1-2-4-23(19)35-15-20/h1-10,13-15,38H,11-12,16H2. The summed E-state index contributed by atoms with van der Waals surface area (Å²) in [6, 6.07) is 17.7. The molecule has 1 aromatic heterocycles. The predicted molar refractivity (Wildman–Crippen MR) is 130 cm³/mol. The number of carbonyl (C=O) groups excluding carboxylic acids is 1. The van der Waals surface area contributed by atoms with Crippen molar-refractivity contribution in [2.24, 2.45) is 0 Å². The van der Waals surface area contributed by atoms with Crippen molar-refractivity contribution < 1.29 is 41.0 Å². The van der Waals surface area contributed by atoms with Crippen molar-refractivity contribution in [2.45, 2.75) is 24.5 Å². The van der Waals surface area contributed by atoms with E-state index in [-0.39, 0.29) is 25.3 Å². The van der Waals surface area contributed by atoms with E-state index in [1.54, 1.807) is 12.3 Å². The maximum atomic E-state index is 13.2. The number of benzene rings is 3. The predicted octanol–water partition coefficient (Wildman–Crippen LogP) is 6.25. The molecular formula is C28H20F6N2O3. The van der Waals surface area contributed by atoms with Crippen LogP contribution in [-0.2, 0) is 12.1 Å². The van der Waals surface area contributed by atoms with Gasteiger partial charge in [-0.05, 0) is 42.0 Å². The number of amides is 1. The fraction of sp³-hybridized carbons (Fsp3) is 0.214. The first-order chi connectivity index (χ1) is 18.4. The summed E-state index contributed by atoms with van der Waals surface area (Å²) in [5.74, 6) is -0.0584. The number of nitrogens with zero attached hydrogens (tertiary/aromatic N) is 2. The molecule has 0 aliphatic carbocycles. The molecule has 0 fully saturated rings. The van der Waals surface area contributed by atoms with E-state index in [0.29, 0.717) is 23.4 Å². The Morgan fingerprint density at radius 1 is 0.872 bits per heavy atom. The smallest absolute Gasteiger partial charge is 0.430 e. The number of carbonyl (C=O) groups is 1. The summed E-state index contributed by atoms with van der Waals surface area (Å²) >= 11 is 0. The molecule has 11 heteroatoms. The largest absolute Gasteiger partial charge is 0.491 e. The third-order valence-electron chi connectivity index (χ3n) is 6.62. The molecule has 4 aromatic rings. The van der Waals surface area contributed by atoms with Crippen LogP contribution in [0.4, 0.5) is 26.3 Å². The molecular weight excluding hydrogens is 526 g/mol. The molecule has 0 unspecified atom stereocenters. The number of pyridine rings is 1. The van der Waals surface area contributed by atoms with Gasteiger partial charge in [-0.3, -0.25) is 9.78 Å². The molecule has 39 heavy (non-hydrogen) atoms. The summed E-state index contributed by atoms with van der Waals surface area (Å²) in [5, 5.41) is 10.5. The Balaban J connectivity index is 1.41. The number of hydrogen-bond donors (Lipinski definition) is 1. The van der Waals surface area contributed by atoms with Crippen LogP contribution in [0.3, 0.4) is 0 Å². The lowest BCUT2D eigenvalue weighted by atomic mass is 9.91. The lowest BCUT2D eigenvalue weighted by molar-refractivity contribution is -0.376. The van der Waals surface area contributed by atoms with Crippen molar-refractivity contribution in [3.05, 3.63) is 95.7 Å². The molecule has 3 aromatic carbocycles. The molecule has 0 atom stereocenters. The third-order valence-corrected chi connectivity index (χ3v) is 6.62. The molecule has 0 radical (unpaired) electrons. The fourth-order valence-corrected chi connectivity index (χ4v) is 4.50. The molecule has 5 nitrogen and oxygen atoms in total. The number of rotatable bonds is 3. The van der Waals surface area contributed by atoms with Gasteiger partial charge in [0.15, 0.2) is 0 Å². The monoisotopic (exact) mass is 546 g/mol. The van der Waals surface area contributed by atoms with Crippen LogP contribution in [0.5, 0.6) is 5.75 Å².